The fourth-order valence-corrected chi connectivity index (χ4v) is 2.30. The summed E-state index contributed by atoms with van der Waals surface area (Å²) in [5.74, 6) is -1.22. The SMILES string of the molecule is O=[N+]([O-])c1cc(F)c(Cl)c(S(=O)(=O)Cl)c1. The minimum Gasteiger partial charge on any atom is -0.258 e. The zero-order valence-electron chi connectivity index (χ0n) is 6.78. The van der Waals surface area contributed by atoms with Crippen LogP contribution < -0.4 is 0 Å². The third-order valence-electron chi connectivity index (χ3n) is 1.45. The lowest BCUT2D eigenvalue weighted by molar-refractivity contribution is -0.385. The molecule has 0 N–H and O–H groups in total. The number of hydrogen-bond acceptors (Lipinski definition) is 4. The fraction of sp³-hybridized carbons (Fsp3) is 0. The van der Waals surface area contributed by atoms with Gasteiger partial charge in [0.2, 0.25) is 0 Å². The summed E-state index contributed by atoms with van der Waals surface area (Å²) in [6.07, 6.45) is 0. The van der Waals surface area contributed by atoms with E-state index in [1.54, 1.807) is 0 Å². The average Bonchev–Trinajstić information content (AvgIpc) is 2.06. The van der Waals surface area contributed by atoms with Crippen molar-refractivity contribution in [2.45, 2.75) is 4.90 Å². The van der Waals surface area contributed by atoms with Crippen LogP contribution in [0.15, 0.2) is 17.0 Å². The average molecular weight is 274 g/mol. The molecule has 5 nitrogen and oxygen atoms in total. The monoisotopic (exact) mass is 273 g/mol. The lowest BCUT2D eigenvalue weighted by Gasteiger charge is -2.01. The second-order valence-corrected chi connectivity index (χ2v) is 5.35. The molecule has 0 atom stereocenters. The number of hydrogen-bond donors (Lipinski definition) is 0. The Morgan fingerprint density at radius 1 is 1.40 bits per heavy atom. The van der Waals surface area contributed by atoms with Crippen molar-refractivity contribution in [2.24, 2.45) is 0 Å². The standard InChI is InChI=1S/C6H2Cl2FNO4S/c7-6-4(9)1-3(10(11)12)2-5(6)15(8,13)14/h1-2H. The Morgan fingerprint density at radius 2 is 1.93 bits per heavy atom. The maximum Gasteiger partial charge on any atom is 0.273 e. The number of rotatable bonds is 2. The highest BCUT2D eigenvalue weighted by Gasteiger charge is 2.23. The zero-order valence-corrected chi connectivity index (χ0v) is 9.11. The summed E-state index contributed by atoms with van der Waals surface area (Å²) in [6.45, 7) is 0. The van der Waals surface area contributed by atoms with Gasteiger partial charge in [-0.15, -0.1) is 0 Å². The van der Waals surface area contributed by atoms with Crippen molar-refractivity contribution in [2.75, 3.05) is 0 Å². The van der Waals surface area contributed by atoms with E-state index in [-0.39, 0.29) is 0 Å². The Labute approximate surface area is 93.0 Å². The predicted octanol–water partition coefficient (Wildman–Crippen LogP) is 2.31. The van der Waals surface area contributed by atoms with Crippen LogP contribution in [0, 0.1) is 15.9 Å². The van der Waals surface area contributed by atoms with E-state index in [1.165, 1.54) is 0 Å². The minimum atomic E-state index is -4.32. The molecule has 1 aromatic rings. The van der Waals surface area contributed by atoms with Gasteiger partial charge in [-0.05, 0) is 0 Å². The number of nitro benzene ring substituents is 1. The molecule has 0 bridgehead atoms. The fourth-order valence-electron chi connectivity index (χ4n) is 0.833. The third-order valence-corrected chi connectivity index (χ3v) is 3.30. The Morgan fingerprint density at radius 3 is 2.33 bits per heavy atom. The molecule has 1 rings (SSSR count). The van der Waals surface area contributed by atoms with E-state index >= 15 is 0 Å². The summed E-state index contributed by atoms with van der Waals surface area (Å²) in [5.41, 5.74) is -0.740. The van der Waals surface area contributed by atoms with Gasteiger partial charge in [-0.25, -0.2) is 12.8 Å². The first-order valence-electron chi connectivity index (χ1n) is 3.31. The third kappa shape index (κ3) is 2.55. The van der Waals surface area contributed by atoms with Crippen molar-refractivity contribution < 1.29 is 17.7 Å². The summed E-state index contributed by atoms with van der Waals surface area (Å²) in [5, 5.41) is 9.53. The van der Waals surface area contributed by atoms with Gasteiger partial charge in [-0.1, -0.05) is 11.6 Å². The van der Waals surface area contributed by atoms with E-state index in [0.717, 1.165) is 0 Å². The molecule has 0 aliphatic rings. The molecule has 0 saturated carbocycles. The second kappa shape index (κ2) is 3.92. The molecular formula is C6H2Cl2FNO4S. The van der Waals surface area contributed by atoms with Crippen molar-refractivity contribution in [3.63, 3.8) is 0 Å². The first-order valence-corrected chi connectivity index (χ1v) is 6.00. The van der Waals surface area contributed by atoms with Gasteiger partial charge in [0, 0.05) is 16.7 Å². The quantitative estimate of drug-likeness (QED) is 0.471. The van der Waals surface area contributed by atoms with Crippen LogP contribution in [0.1, 0.15) is 0 Å². The van der Waals surface area contributed by atoms with Gasteiger partial charge < -0.3 is 0 Å². The van der Waals surface area contributed by atoms with Crippen LogP contribution in [-0.2, 0) is 9.05 Å². The first-order chi connectivity index (χ1) is 6.73. The number of benzene rings is 1. The van der Waals surface area contributed by atoms with Crippen molar-refractivity contribution >= 4 is 37.0 Å². The molecule has 1 aromatic carbocycles. The number of non-ortho nitro benzene ring substituents is 1. The maximum absolute atomic E-state index is 13.0. The Bertz CT molecular complexity index is 530. The highest BCUT2D eigenvalue weighted by Crippen LogP contribution is 2.31. The summed E-state index contributed by atoms with van der Waals surface area (Å²) in [4.78, 5) is 8.53. The maximum atomic E-state index is 13.0. The second-order valence-electron chi connectivity index (χ2n) is 2.43. The van der Waals surface area contributed by atoms with Crippen LogP contribution in [-0.4, -0.2) is 13.3 Å². The van der Waals surface area contributed by atoms with Gasteiger partial charge in [0.25, 0.3) is 14.7 Å². The number of nitrogens with zero attached hydrogens (tertiary/aromatic N) is 1. The van der Waals surface area contributed by atoms with E-state index in [2.05, 4.69) is 0 Å². The molecule has 0 spiro atoms. The van der Waals surface area contributed by atoms with Crippen LogP contribution in [0.3, 0.4) is 0 Å². The van der Waals surface area contributed by atoms with Crippen molar-refractivity contribution in [3.05, 3.63) is 33.1 Å². The zero-order chi connectivity index (χ0) is 11.8. The highest BCUT2D eigenvalue weighted by atomic mass is 35.7. The van der Waals surface area contributed by atoms with Gasteiger partial charge in [0.05, 0.1) is 16.0 Å². The van der Waals surface area contributed by atoms with Gasteiger partial charge >= 0.3 is 0 Å². The molecule has 0 unspecified atom stereocenters. The van der Waals surface area contributed by atoms with E-state index in [0.29, 0.717) is 12.1 Å². The van der Waals surface area contributed by atoms with Crippen LogP contribution in [0.2, 0.25) is 5.02 Å². The molecule has 0 aliphatic carbocycles. The lowest BCUT2D eigenvalue weighted by Crippen LogP contribution is -1.97. The molecule has 0 aliphatic heterocycles. The van der Waals surface area contributed by atoms with Gasteiger partial charge in [-0.2, -0.15) is 0 Å². The smallest absolute Gasteiger partial charge is 0.258 e. The van der Waals surface area contributed by atoms with Crippen LogP contribution in [0.5, 0.6) is 0 Å². The van der Waals surface area contributed by atoms with Crippen LogP contribution >= 0.6 is 22.3 Å². The topological polar surface area (TPSA) is 77.3 Å². The molecular weight excluding hydrogens is 272 g/mol. The van der Waals surface area contributed by atoms with Crippen LogP contribution in [0.25, 0.3) is 0 Å². The highest BCUT2D eigenvalue weighted by molar-refractivity contribution is 8.13. The van der Waals surface area contributed by atoms with Gasteiger partial charge in [0.15, 0.2) is 0 Å². The molecule has 0 saturated heterocycles. The Hall–Kier alpha value is -0.920. The lowest BCUT2D eigenvalue weighted by atomic mass is 10.3. The predicted molar refractivity (Wildman–Crippen MR) is 51.1 cm³/mol. The summed E-state index contributed by atoms with van der Waals surface area (Å²) in [6, 6.07) is 1.10. The normalized spacial score (nSPS) is 11.4. The van der Waals surface area contributed by atoms with E-state index < -0.39 is 35.4 Å². The Balaban J connectivity index is 3.59. The molecule has 15 heavy (non-hydrogen) atoms. The van der Waals surface area contributed by atoms with Crippen molar-refractivity contribution in [3.8, 4) is 0 Å². The van der Waals surface area contributed by atoms with E-state index in [4.69, 9.17) is 22.3 Å². The van der Waals surface area contributed by atoms with Crippen LogP contribution in [0.4, 0.5) is 10.1 Å². The first kappa shape index (κ1) is 12.2. The molecule has 0 heterocycles. The number of nitro groups is 1. The number of halogens is 3. The minimum absolute atomic E-state index is 0.508. The molecule has 82 valence electrons. The van der Waals surface area contributed by atoms with Gasteiger partial charge in [-0.3, -0.25) is 10.1 Å². The summed E-state index contributed by atoms with van der Waals surface area (Å²) < 4.78 is 34.7. The van der Waals surface area contributed by atoms with Gasteiger partial charge in [0.1, 0.15) is 10.7 Å². The molecule has 9 heteroatoms. The van der Waals surface area contributed by atoms with Crippen molar-refractivity contribution in [1.29, 1.82) is 0 Å². The Kier molecular flexibility index (Phi) is 3.17. The van der Waals surface area contributed by atoms with E-state index in [1.807, 2.05) is 0 Å². The summed E-state index contributed by atoms with van der Waals surface area (Å²) in [7, 11) is 0.595. The molecule has 0 amide bonds. The largest absolute Gasteiger partial charge is 0.273 e. The van der Waals surface area contributed by atoms with Crippen molar-refractivity contribution in [1.82, 2.24) is 0 Å². The molecule has 0 radical (unpaired) electrons. The molecule has 0 fully saturated rings. The summed E-state index contributed by atoms with van der Waals surface area (Å²) >= 11 is 5.29. The van der Waals surface area contributed by atoms with E-state index in [9.17, 15) is 22.9 Å². The molecule has 0 aromatic heterocycles.